The number of benzene rings is 2. The van der Waals surface area contributed by atoms with Crippen LogP contribution in [0.15, 0.2) is 52.5 Å². The summed E-state index contributed by atoms with van der Waals surface area (Å²) in [5.41, 5.74) is 2.70. The van der Waals surface area contributed by atoms with E-state index < -0.39 is 26.7 Å². The van der Waals surface area contributed by atoms with Crippen LogP contribution in [0.3, 0.4) is 0 Å². The lowest BCUT2D eigenvalue weighted by atomic mass is 9.94. The van der Waals surface area contributed by atoms with Crippen LogP contribution in [0.1, 0.15) is 24.5 Å². The average Bonchev–Trinajstić information content (AvgIpc) is 2.61. The zero-order valence-corrected chi connectivity index (χ0v) is 16.5. The van der Waals surface area contributed by atoms with Crippen molar-refractivity contribution in [2.45, 2.75) is 24.4 Å². The molecule has 0 aliphatic carbocycles. The molecule has 1 amide bonds. The first-order valence-corrected chi connectivity index (χ1v) is 10.2. The summed E-state index contributed by atoms with van der Waals surface area (Å²) in [4.78, 5) is 10.7. The Hall–Kier alpha value is -2.59. The fourth-order valence-corrected chi connectivity index (χ4v) is 4.24. The van der Waals surface area contributed by atoms with Crippen molar-refractivity contribution in [2.24, 2.45) is 11.0 Å². The van der Waals surface area contributed by atoms with Gasteiger partial charge >= 0.3 is 6.18 Å². The van der Waals surface area contributed by atoms with E-state index in [4.69, 9.17) is 11.6 Å². The molecule has 1 atom stereocenters. The van der Waals surface area contributed by atoms with E-state index in [9.17, 15) is 26.4 Å². The van der Waals surface area contributed by atoms with Crippen LogP contribution in [-0.4, -0.2) is 20.0 Å². The number of hydrazone groups is 1. The molecule has 3 rings (SSSR count). The second-order valence-electron chi connectivity index (χ2n) is 6.49. The maximum Gasteiger partial charge on any atom is 0.416 e. The maximum atomic E-state index is 12.9. The molecule has 2 aromatic carbocycles. The molecule has 0 saturated heterocycles. The second kappa shape index (κ2) is 7.68. The highest BCUT2D eigenvalue weighted by Crippen LogP contribution is 2.33. The van der Waals surface area contributed by atoms with Gasteiger partial charge in [0.2, 0.25) is 5.91 Å². The van der Waals surface area contributed by atoms with E-state index in [1.54, 1.807) is 12.1 Å². The van der Waals surface area contributed by atoms with Crippen molar-refractivity contribution in [2.75, 3.05) is 4.72 Å². The highest BCUT2D eigenvalue weighted by molar-refractivity contribution is 7.92. The van der Waals surface area contributed by atoms with E-state index >= 15 is 0 Å². The van der Waals surface area contributed by atoms with E-state index in [0.717, 1.165) is 6.07 Å². The smallest absolute Gasteiger partial charge is 0.280 e. The quantitative estimate of drug-likeness (QED) is 0.745. The molecule has 1 aliphatic heterocycles. The first kappa shape index (κ1) is 21.1. The molecule has 0 unspecified atom stereocenters. The standard InChI is InChI=1S/C18H15ClF3N3O3S/c1-10-6-16(26)23-24-17(10)11-2-4-14(5-3-11)25-29(27,28)15-8-12(18(20,21)22)7-13(19)9-15/h2-5,7-10,25H,6H2,1H3,(H,23,26)/t10-/m1/s1. The number of carbonyl (C=O) groups is 1. The van der Waals surface area contributed by atoms with Gasteiger partial charge < -0.3 is 0 Å². The van der Waals surface area contributed by atoms with E-state index in [0.29, 0.717) is 23.4 Å². The summed E-state index contributed by atoms with van der Waals surface area (Å²) in [6.07, 6.45) is -4.45. The van der Waals surface area contributed by atoms with Gasteiger partial charge in [-0.05, 0) is 35.9 Å². The molecular weight excluding hydrogens is 431 g/mol. The van der Waals surface area contributed by atoms with Crippen LogP contribution >= 0.6 is 11.6 Å². The predicted molar refractivity (Wildman–Crippen MR) is 102 cm³/mol. The Bertz CT molecular complexity index is 1080. The molecule has 1 aliphatic rings. The zero-order valence-electron chi connectivity index (χ0n) is 14.9. The summed E-state index contributed by atoms with van der Waals surface area (Å²) in [6.45, 7) is 1.84. The third-order valence-corrected chi connectivity index (χ3v) is 5.78. The highest BCUT2D eigenvalue weighted by atomic mass is 35.5. The van der Waals surface area contributed by atoms with Crippen LogP contribution in [0.2, 0.25) is 5.02 Å². The molecule has 2 aromatic rings. The number of nitrogens with zero attached hydrogens (tertiary/aromatic N) is 1. The van der Waals surface area contributed by atoms with Crippen molar-refractivity contribution < 1.29 is 26.4 Å². The summed E-state index contributed by atoms with van der Waals surface area (Å²) >= 11 is 5.66. The second-order valence-corrected chi connectivity index (χ2v) is 8.61. The number of halogens is 4. The van der Waals surface area contributed by atoms with E-state index in [2.05, 4.69) is 15.2 Å². The van der Waals surface area contributed by atoms with Crippen molar-refractivity contribution in [3.8, 4) is 0 Å². The van der Waals surface area contributed by atoms with Crippen LogP contribution in [-0.2, 0) is 21.0 Å². The Morgan fingerprint density at radius 2 is 1.83 bits per heavy atom. The largest absolute Gasteiger partial charge is 0.416 e. The lowest BCUT2D eigenvalue weighted by molar-refractivity contribution is -0.137. The summed E-state index contributed by atoms with van der Waals surface area (Å²) in [6, 6.07) is 8.22. The summed E-state index contributed by atoms with van der Waals surface area (Å²) in [5, 5.41) is 3.67. The molecule has 11 heteroatoms. The number of anilines is 1. The lowest BCUT2D eigenvalue weighted by Gasteiger charge is -2.19. The molecule has 154 valence electrons. The topological polar surface area (TPSA) is 87.6 Å². The number of hydrogen-bond acceptors (Lipinski definition) is 4. The first-order chi connectivity index (χ1) is 13.5. The monoisotopic (exact) mass is 445 g/mol. The first-order valence-electron chi connectivity index (χ1n) is 8.33. The van der Waals surface area contributed by atoms with Crippen LogP contribution in [0, 0.1) is 5.92 Å². The van der Waals surface area contributed by atoms with Crippen molar-refractivity contribution >= 4 is 38.9 Å². The van der Waals surface area contributed by atoms with Gasteiger partial charge in [-0.25, -0.2) is 13.8 Å². The minimum Gasteiger partial charge on any atom is -0.280 e. The Morgan fingerprint density at radius 3 is 2.41 bits per heavy atom. The molecule has 6 nitrogen and oxygen atoms in total. The van der Waals surface area contributed by atoms with Gasteiger partial charge in [0.05, 0.1) is 16.2 Å². The van der Waals surface area contributed by atoms with Crippen LogP contribution in [0.5, 0.6) is 0 Å². The Labute approximate surface area is 169 Å². The number of rotatable bonds is 4. The SMILES string of the molecule is C[C@@H]1CC(=O)NN=C1c1ccc(NS(=O)(=O)c2cc(Cl)cc(C(F)(F)F)c2)cc1. The van der Waals surface area contributed by atoms with Crippen molar-refractivity contribution in [3.63, 3.8) is 0 Å². The molecule has 0 bridgehead atoms. The van der Waals surface area contributed by atoms with Gasteiger partial charge in [0.25, 0.3) is 10.0 Å². The van der Waals surface area contributed by atoms with Gasteiger partial charge in [0.15, 0.2) is 0 Å². The third kappa shape index (κ3) is 4.88. The van der Waals surface area contributed by atoms with Crippen LogP contribution < -0.4 is 10.1 Å². The number of amides is 1. The Balaban J connectivity index is 1.85. The van der Waals surface area contributed by atoms with E-state index in [1.165, 1.54) is 12.1 Å². The zero-order chi connectivity index (χ0) is 21.4. The van der Waals surface area contributed by atoms with E-state index in [1.807, 2.05) is 6.92 Å². The predicted octanol–water partition coefficient (Wildman–Crippen LogP) is 4.02. The Morgan fingerprint density at radius 1 is 1.17 bits per heavy atom. The fraction of sp³-hybridized carbons (Fsp3) is 0.222. The molecule has 1 heterocycles. The van der Waals surface area contributed by atoms with Gasteiger partial charge in [0.1, 0.15) is 0 Å². The van der Waals surface area contributed by atoms with Crippen LogP contribution in [0.25, 0.3) is 0 Å². The maximum absolute atomic E-state index is 12.9. The third-order valence-electron chi connectivity index (χ3n) is 4.20. The van der Waals surface area contributed by atoms with Gasteiger partial charge in [0, 0.05) is 23.0 Å². The number of sulfonamides is 1. The number of carbonyl (C=O) groups excluding carboxylic acids is 1. The normalized spacial score (nSPS) is 17.5. The summed E-state index contributed by atoms with van der Waals surface area (Å²) < 4.78 is 66.0. The van der Waals surface area contributed by atoms with Crippen LogP contribution in [0.4, 0.5) is 18.9 Å². The molecule has 0 fully saturated rings. The van der Waals surface area contributed by atoms with Gasteiger partial charge in [-0.2, -0.15) is 18.3 Å². The minimum atomic E-state index is -4.73. The molecule has 0 spiro atoms. The lowest BCUT2D eigenvalue weighted by Crippen LogP contribution is -2.31. The molecular formula is C18H15ClF3N3O3S. The van der Waals surface area contributed by atoms with Gasteiger partial charge in [-0.15, -0.1) is 0 Å². The molecule has 0 aromatic heterocycles. The molecule has 2 N–H and O–H groups in total. The van der Waals surface area contributed by atoms with Crippen molar-refractivity contribution in [3.05, 3.63) is 58.6 Å². The summed E-state index contributed by atoms with van der Waals surface area (Å²) in [7, 11) is -4.30. The Kier molecular flexibility index (Phi) is 5.59. The van der Waals surface area contributed by atoms with Gasteiger partial charge in [-0.3, -0.25) is 9.52 Å². The average molecular weight is 446 g/mol. The fourth-order valence-electron chi connectivity index (χ4n) is 2.81. The highest BCUT2D eigenvalue weighted by Gasteiger charge is 2.32. The van der Waals surface area contributed by atoms with Crippen molar-refractivity contribution in [1.82, 2.24) is 5.43 Å². The molecule has 29 heavy (non-hydrogen) atoms. The number of hydrogen-bond donors (Lipinski definition) is 2. The number of alkyl halides is 3. The van der Waals surface area contributed by atoms with Gasteiger partial charge in [-0.1, -0.05) is 30.7 Å². The minimum absolute atomic E-state index is 0.112. The number of nitrogens with one attached hydrogen (secondary N) is 2. The summed E-state index contributed by atoms with van der Waals surface area (Å²) in [5.74, 6) is -0.302. The van der Waals surface area contributed by atoms with Crippen molar-refractivity contribution in [1.29, 1.82) is 0 Å². The molecule has 0 saturated carbocycles. The van der Waals surface area contributed by atoms with E-state index in [-0.39, 0.29) is 29.0 Å². The molecule has 0 radical (unpaired) electrons.